The van der Waals surface area contributed by atoms with Crippen molar-refractivity contribution in [3.05, 3.63) is 24.3 Å². The van der Waals surface area contributed by atoms with Crippen LogP contribution in [0, 0.1) is 34.0 Å². The molecule has 0 aromatic carbocycles. The number of hydrogen-bond acceptors (Lipinski definition) is 7. The van der Waals surface area contributed by atoms with E-state index < -0.39 is 52.1 Å². The third kappa shape index (κ3) is 2.24. The number of esters is 2. The molecule has 2 aliphatic heterocycles. The second kappa shape index (κ2) is 6.07. The first-order valence-corrected chi connectivity index (χ1v) is 11.0. The van der Waals surface area contributed by atoms with E-state index in [9.17, 15) is 19.5 Å². The van der Waals surface area contributed by atoms with Crippen molar-refractivity contribution in [1.82, 2.24) is 0 Å². The van der Waals surface area contributed by atoms with Crippen molar-refractivity contribution in [3.8, 4) is 0 Å². The molecule has 31 heavy (non-hydrogen) atoms. The van der Waals surface area contributed by atoms with E-state index in [4.69, 9.17) is 14.2 Å². The molecule has 0 aromatic heterocycles. The monoisotopic (exact) mass is 430 g/mol. The minimum atomic E-state index is -1.89. The van der Waals surface area contributed by atoms with Crippen LogP contribution in [0.4, 0.5) is 0 Å². The van der Waals surface area contributed by atoms with Crippen molar-refractivity contribution in [2.75, 3.05) is 6.61 Å². The number of allylic oxidation sites excluding steroid dienone is 2. The van der Waals surface area contributed by atoms with E-state index in [1.54, 1.807) is 6.08 Å². The van der Waals surface area contributed by atoms with Crippen molar-refractivity contribution in [2.45, 2.75) is 65.0 Å². The zero-order valence-electron chi connectivity index (χ0n) is 18.5. The van der Waals surface area contributed by atoms with Crippen LogP contribution in [0.3, 0.4) is 0 Å². The normalized spacial score (nSPS) is 48.7. The van der Waals surface area contributed by atoms with Gasteiger partial charge in [0.05, 0.1) is 17.4 Å². The van der Waals surface area contributed by atoms with Gasteiger partial charge in [0.1, 0.15) is 6.10 Å². The summed E-state index contributed by atoms with van der Waals surface area (Å²) in [5.41, 5.74) is -1.84. The van der Waals surface area contributed by atoms with Gasteiger partial charge in [-0.05, 0) is 48.2 Å². The van der Waals surface area contributed by atoms with Crippen LogP contribution in [0.25, 0.3) is 0 Å². The quantitative estimate of drug-likeness (QED) is 0.530. The van der Waals surface area contributed by atoms with Gasteiger partial charge in [-0.25, -0.2) is 0 Å². The first-order valence-electron chi connectivity index (χ1n) is 11.0. The fourth-order valence-electron chi connectivity index (χ4n) is 8.02. The Kier molecular flexibility index (Phi) is 4.09. The largest absolute Gasteiger partial charge is 0.457 e. The Labute approximate surface area is 181 Å². The Morgan fingerprint density at radius 2 is 1.87 bits per heavy atom. The maximum Gasteiger partial charge on any atom is 0.303 e. The van der Waals surface area contributed by atoms with Gasteiger partial charge in [0, 0.05) is 19.8 Å². The molecule has 2 saturated heterocycles. The topological polar surface area (TPSA) is 99.1 Å². The average Bonchev–Trinajstić information content (AvgIpc) is 2.87. The first-order chi connectivity index (χ1) is 14.4. The van der Waals surface area contributed by atoms with E-state index in [0.29, 0.717) is 12.8 Å². The highest BCUT2D eigenvalue weighted by Gasteiger charge is 2.85. The van der Waals surface area contributed by atoms with Crippen LogP contribution >= 0.6 is 0 Å². The van der Waals surface area contributed by atoms with E-state index >= 15 is 0 Å². The van der Waals surface area contributed by atoms with Crippen LogP contribution in [0.1, 0.15) is 47.0 Å². The summed E-state index contributed by atoms with van der Waals surface area (Å²) < 4.78 is 17.7. The average molecular weight is 430 g/mol. The smallest absolute Gasteiger partial charge is 0.303 e. The highest BCUT2D eigenvalue weighted by molar-refractivity contribution is 5.97. The molecule has 8 atom stereocenters. The van der Waals surface area contributed by atoms with Crippen molar-refractivity contribution in [1.29, 1.82) is 0 Å². The van der Waals surface area contributed by atoms with E-state index in [0.717, 1.165) is 12.0 Å². The summed E-state index contributed by atoms with van der Waals surface area (Å²) >= 11 is 0. The van der Waals surface area contributed by atoms with Gasteiger partial charge in [0.15, 0.2) is 11.9 Å². The second-order valence-electron chi connectivity index (χ2n) is 10.7. The molecule has 168 valence electrons. The van der Waals surface area contributed by atoms with Crippen molar-refractivity contribution in [3.63, 3.8) is 0 Å². The van der Waals surface area contributed by atoms with Crippen LogP contribution in [0.15, 0.2) is 24.3 Å². The number of ether oxygens (including phenoxy) is 3. The summed E-state index contributed by atoms with van der Waals surface area (Å²) in [6.45, 7) is 10.9. The summed E-state index contributed by atoms with van der Waals surface area (Å²) in [5, 5.41) is 12.3. The minimum Gasteiger partial charge on any atom is -0.457 e. The number of ketones is 1. The molecular weight excluding hydrogens is 400 g/mol. The maximum absolute atomic E-state index is 13.6. The Bertz CT molecular complexity index is 934. The summed E-state index contributed by atoms with van der Waals surface area (Å²) in [7, 11) is 0. The Hall–Kier alpha value is -1.99. The predicted octanol–water partition coefficient (Wildman–Crippen LogP) is 2.32. The molecule has 5 fully saturated rings. The highest BCUT2D eigenvalue weighted by atomic mass is 16.7. The number of aliphatic hydroxyl groups is 1. The predicted molar refractivity (Wildman–Crippen MR) is 108 cm³/mol. The van der Waals surface area contributed by atoms with E-state index in [2.05, 4.69) is 6.58 Å². The second-order valence-corrected chi connectivity index (χ2v) is 10.7. The van der Waals surface area contributed by atoms with E-state index in [1.807, 2.05) is 19.9 Å². The van der Waals surface area contributed by atoms with Crippen LogP contribution in [0.5, 0.6) is 0 Å². The third-order valence-corrected chi connectivity index (χ3v) is 8.90. The fraction of sp³-hybridized carbons (Fsp3) is 0.708. The van der Waals surface area contributed by atoms with Gasteiger partial charge in [0.2, 0.25) is 5.79 Å². The lowest BCUT2D eigenvalue weighted by Crippen LogP contribution is -2.83. The molecular formula is C24H30O7. The standard InChI is InChI=1S/C24H30O7/c1-12-15-6-7-16-22-11-29-24(28,23(16,10-15)19(12)30-13(2)25)20(31-14(3)26)18(22)21(4,5)9-8-17(22)27/h8-9,15-16,18-20,28H,1,6-7,10-11H2,2-5H3/t15?,16-,18+,19?,20?,22+,23-,24-/m0/s1. The number of hydrogen-bond donors (Lipinski definition) is 1. The molecule has 4 aliphatic carbocycles. The molecule has 6 aliphatic rings. The van der Waals surface area contributed by atoms with Crippen molar-refractivity contribution < 1.29 is 33.7 Å². The Morgan fingerprint density at radius 1 is 1.19 bits per heavy atom. The lowest BCUT2D eigenvalue weighted by Gasteiger charge is -2.72. The molecule has 3 saturated carbocycles. The molecule has 0 amide bonds. The van der Waals surface area contributed by atoms with Crippen LogP contribution in [-0.4, -0.2) is 47.4 Å². The SMILES string of the molecule is C=C1C2CC[C@H]3[C@@]45CO[C@@](O)(C(OC(C)=O)[C@@H]4C(C)(C)C=CC5=O)[C@]3(C2)C1OC(C)=O. The lowest BCUT2D eigenvalue weighted by atomic mass is 9.37. The summed E-state index contributed by atoms with van der Waals surface area (Å²) in [5.74, 6) is -3.70. The molecule has 0 radical (unpaired) electrons. The van der Waals surface area contributed by atoms with Crippen molar-refractivity contribution in [2.24, 2.45) is 34.0 Å². The first kappa shape index (κ1) is 20.9. The molecule has 7 nitrogen and oxygen atoms in total. The molecule has 2 heterocycles. The molecule has 3 unspecified atom stereocenters. The van der Waals surface area contributed by atoms with Gasteiger partial charge in [-0.1, -0.05) is 26.5 Å². The Balaban J connectivity index is 1.80. The molecule has 2 spiro atoms. The van der Waals surface area contributed by atoms with Gasteiger partial charge in [0.25, 0.3) is 0 Å². The number of carbonyl (C=O) groups excluding carboxylic acids is 3. The van der Waals surface area contributed by atoms with Crippen LogP contribution in [0.2, 0.25) is 0 Å². The van der Waals surface area contributed by atoms with Gasteiger partial charge < -0.3 is 19.3 Å². The summed E-state index contributed by atoms with van der Waals surface area (Å²) in [4.78, 5) is 37.9. The minimum absolute atomic E-state index is 0.0441. The zero-order valence-corrected chi connectivity index (χ0v) is 18.5. The van der Waals surface area contributed by atoms with Gasteiger partial charge in [-0.15, -0.1) is 0 Å². The number of carbonyl (C=O) groups is 3. The molecule has 4 bridgehead atoms. The van der Waals surface area contributed by atoms with Crippen LogP contribution < -0.4 is 0 Å². The third-order valence-electron chi connectivity index (χ3n) is 8.90. The number of rotatable bonds is 2. The van der Waals surface area contributed by atoms with Gasteiger partial charge in [-0.2, -0.15) is 0 Å². The molecule has 1 N–H and O–H groups in total. The Morgan fingerprint density at radius 3 is 2.52 bits per heavy atom. The fourth-order valence-corrected chi connectivity index (χ4v) is 8.02. The molecule has 7 heteroatoms. The zero-order chi connectivity index (χ0) is 22.6. The lowest BCUT2D eigenvalue weighted by molar-refractivity contribution is -0.441. The number of fused-ring (bicyclic) bond motifs is 2. The molecule has 6 rings (SSSR count). The summed E-state index contributed by atoms with van der Waals surface area (Å²) in [6, 6.07) is 0. The molecule has 0 aromatic rings. The van der Waals surface area contributed by atoms with E-state index in [-0.39, 0.29) is 24.2 Å². The van der Waals surface area contributed by atoms with Crippen LogP contribution in [-0.2, 0) is 28.6 Å². The highest BCUT2D eigenvalue weighted by Crippen LogP contribution is 2.77. The van der Waals surface area contributed by atoms with E-state index in [1.165, 1.54) is 13.8 Å². The summed E-state index contributed by atoms with van der Waals surface area (Å²) in [6.07, 6.45) is 3.57. The maximum atomic E-state index is 13.6. The van der Waals surface area contributed by atoms with Gasteiger partial charge >= 0.3 is 11.9 Å². The van der Waals surface area contributed by atoms with Gasteiger partial charge in [-0.3, -0.25) is 14.4 Å². The van der Waals surface area contributed by atoms with Crippen molar-refractivity contribution >= 4 is 17.7 Å².